The Morgan fingerprint density at radius 2 is 1.86 bits per heavy atom. The Morgan fingerprint density at radius 3 is 2.59 bits per heavy atom. The standard InChI is InChI=1S/C14H16N8/c1-2-4-13(5-3-1)22-14(17-18-19-22)20-8-6-12(7-9-20)21-11-15-10-16-21/h1-5,10-12H,6-9H2. The molecule has 0 spiro atoms. The molecule has 0 aliphatic carbocycles. The third-order valence-electron chi connectivity index (χ3n) is 4.01. The lowest BCUT2D eigenvalue weighted by atomic mass is 10.1. The summed E-state index contributed by atoms with van der Waals surface area (Å²) in [4.78, 5) is 6.24. The second-order valence-electron chi connectivity index (χ2n) is 5.32. The molecule has 3 aromatic rings. The average Bonchev–Trinajstić information content (AvgIpc) is 3.28. The number of nitrogens with zero attached hydrogens (tertiary/aromatic N) is 8. The number of rotatable bonds is 3. The zero-order chi connectivity index (χ0) is 14.8. The van der Waals surface area contributed by atoms with Gasteiger partial charge in [0.2, 0.25) is 5.95 Å². The van der Waals surface area contributed by atoms with Gasteiger partial charge in [0.25, 0.3) is 0 Å². The average molecular weight is 296 g/mol. The van der Waals surface area contributed by atoms with Crippen molar-refractivity contribution in [2.24, 2.45) is 0 Å². The van der Waals surface area contributed by atoms with Crippen molar-refractivity contribution >= 4 is 5.95 Å². The Hall–Kier alpha value is -2.77. The molecule has 0 N–H and O–H groups in total. The van der Waals surface area contributed by atoms with E-state index in [9.17, 15) is 0 Å². The lowest BCUT2D eigenvalue weighted by Gasteiger charge is -2.31. The SMILES string of the molecule is c1ccc(-n2nnnc2N2CCC(n3cncn3)CC2)cc1. The molecule has 0 unspecified atom stereocenters. The monoisotopic (exact) mass is 296 g/mol. The minimum absolute atomic E-state index is 0.403. The summed E-state index contributed by atoms with van der Waals surface area (Å²) < 4.78 is 3.73. The van der Waals surface area contributed by atoms with Gasteiger partial charge in [0, 0.05) is 13.1 Å². The maximum Gasteiger partial charge on any atom is 0.250 e. The molecule has 0 atom stereocenters. The lowest BCUT2D eigenvalue weighted by Crippen LogP contribution is -2.36. The van der Waals surface area contributed by atoms with Crippen molar-refractivity contribution in [2.75, 3.05) is 18.0 Å². The Bertz CT molecular complexity index is 712. The van der Waals surface area contributed by atoms with Gasteiger partial charge < -0.3 is 4.90 Å². The molecule has 1 aromatic carbocycles. The molecule has 0 bridgehead atoms. The highest BCUT2D eigenvalue weighted by molar-refractivity contribution is 5.40. The third kappa shape index (κ3) is 2.32. The molecule has 1 saturated heterocycles. The summed E-state index contributed by atoms with van der Waals surface area (Å²) in [6, 6.07) is 10.4. The van der Waals surface area contributed by atoms with E-state index < -0.39 is 0 Å². The minimum atomic E-state index is 0.403. The van der Waals surface area contributed by atoms with Gasteiger partial charge in [-0.1, -0.05) is 23.3 Å². The number of aromatic nitrogens is 7. The smallest absolute Gasteiger partial charge is 0.250 e. The van der Waals surface area contributed by atoms with Crippen LogP contribution in [-0.2, 0) is 0 Å². The van der Waals surface area contributed by atoms with E-state index in [1.165, 1.54) is 0 Å². The van der Waals surface area contributed by atoms with E-state index in [0.717, 1.165) is 37.6 Å². The molecule has 8 nitrogen and oxygen atoms in total. The molecule has 1 fully saturated rings. The largest absolute Gasteiger partial charge is 0.339 e. The summed E-state index contributed by atoms with van der Waals surface area (Å²) in [6.07, 6.45) is 5.38. The molecule has 3 heterocycles. The minimum Gasteiger partial charge on any atom is -0.339 e. The second kappa shape index (κ2) is 5.55. The van der Waals surface area contributed by atoms with Crippen LogP contribution < -0.4 is 4.90 Å². The van der Waals surface area contributed by atoms with Gasteiger partial charge in [-0.15, -0.1) is 0 Å². The van der Waals surface area contributed by atoms with Crippen molar-refractivity contribution < 1.29 is 0 Å². The molecule has 2 aromatic heterocycles. The van der Waals surface area contributed by atoms with Crippen LogP contribution in [0.5, 0.6) is 0 Å². The van der Waals surface area contributed by atoms with Crippen LogP contribution in [0.4, 0.5) is 5.95 Å². The number of para-hydroxylation sites is 1. The summed E-state index contributed by atoms with van der Waals surface area (Å²) >= 11 is 0. The van der Waals surface area contributed by atoms with E-state index in [4.69, 9.17) is 0 Å². The zero-order valence-corrected chi connectivity index (χ0v) is 12.0. The summed E-state index contributed by atoms with van der Waals surface area (Å²) in [5, 5.41) is 16.4. The second-order valence-corrected chi connectivity index (χ2v) is 5.32. The van der Waals surface area contributed by atoms with Crippen LogP contribution in [0.2, 0.25) is 0 Å². The Morgan fingerprint density at radius 1 is 1.05 bits per heavy atom. The molecule has 4 rings (SSSR count). The van der Waals surface area contributed by atoms with Crippen molar-refractivity contribution in [3.8, 4) is 5.69 Å². The Kier molecular flexibility index (Phi) is 3.26. The highest BCUT2D eigenvalue weighted by Crippen LogP contribution is 2.25. The fraction of sp³-hybridized carbons (Fsp3) is 0.357. The predicted molar refractivity (Wildman–Crippen MR) is 79.7 cm³/mol. The van der Waals surface area contributed by atoms with E-state index in [0.29, 0.717) is 6.04 Å². The molecule has 0 saturated carbocycles. The first-order valence-corrected chi connectivity index (χ1v) is 7.35. The predicted octanol–water partition coefficient (Wildman–Crippen LogP) is 1.10. The van der Waals surface area contributed by atoms with Gasteiger partial charge in [-0.05, 0) is 35.4 Å². The number of hydrogen-bond acceptors (Lipinski definition) is 6. The number of hydrogen-bond donors (Lipinski definition) is 0. The van der Waals surface area contributed by atoms with E-state index in [1.54, 1.807) is 17.3 Å². The van der Waals surface area contributed by atoms with Crippen molar-refractivity contribution in [3.05, 3.63) is 43.0 Å². The summed E-state index contributed by atoms with van der Waals surface area (Å²) in [7, 11) is 0. The van der Waals surface area contributed by atoms with Gasteiger partial charge in [-0.2, -0.15) is 9.78 Å². The fourth-order valence-electron chi connectivity index (χ4n) is 2.85. The van der Waals surface area contributed by atoms with E-state index in [1.807, 2.05) is 35.0 Å². The quantitative estimate of drug-likeness (QED) is 0.720. The first-order chi connectivity index (χ1) is 10.9. The van der Waals surface area contributed by atoms with Crippen LogP contribution >= 0.6 is 0 Å². The van der Waals surface area contributed by atoms with Crippen LogP contribution in [0.25, 0.3) is 5.69 Å². The highest BCUT2D eigenvalue weighted by atomic mass is 15.6. The molecule has 8 heteroatoms. The van der Waals surface area contributed by atoms with Crippen molar-refractivity contribution in [3.63, 3.8) is 0 Å². The summed E-state index contributed by atoms with van der Waals surface area (Å²) in [6.45, 7) is 1.80. The van der Waals surface area contributed by atoms with Gasteiger partial charge >= 0.3 is 0 Å². The first kappa shape index (κ1) is 12.9. The van der Waals surface area contributed by atoms with Crippen LogP contribution in [0, 0.1) is 0 Å². The van der Waals surface area contributed by atoms with E-state index >= 15 is 0 Å². The van der Waals surface area contributed by atoms with Gasteiger partial charge in [-0.25, -0.2) is 9.67 Å². The van der Waals surface area contributed by atoms with Gasteiger partial charge in [0.15, 0.2) is 0 Å². The van der Waals surface area contributed by atoms with Crippen molar-refractivity contribution in [1.29, 1.82) is 0 Å². The molecule has 112 valence electrons. The normalized spacial score (nSPS) is 16.1. The van der Waals surface area contributed by atoms with Gasteiger partial charge in [-0.3, -0.25) is 0 Å². The van der Waals surface area contributed by atoms with Gasteiger partial charge in [0.1, 0.15) is 12.7 Å². The molecule has 0 radical (unpaired) electrons. The lowest BCUT2D eigenvalue weighted by molar-refractivity contribution is 0.363. The van der Waals surface area contributed by atoms with Crippen LogP contribution in [0.15, 0.2) is 43.0 Å². The van der Waals surface area contributed by atoms with Crippen molar-refractivity contribution in [1.82, 2.24) is 35.0 Å². The summed E-state index contributed by atoms with van der Waals surface area (Å²) in [5.74, 6) is 0.795. The molecule has 22 heavy (non-hydrogen) atoms. The number of piperidine rings is 1. The Balaban J connectivity index is 1.52. The number of benzene rings is 1. The van der Waals surface area contributed by atoms with Crippen LogP contribution in [0.1, 0.15) is 18.9 Å². The first-order valence-electron chi connectivity index (χ1n) is 7.35. The number of anilines is 1. The Labute approximate surface area is 127 Å². The topological polar surface area (TPSA) is 77.5 Å². The molecular weight excluding hydrogens is 280 g/mol. The third-order valence-corrected chi connectivity index (χ3v) is 4.01. The molecular formula is C14H16N8. The van der Waals surface area contributed by atoms with E-state index in [2.05, 4.69) is 30.5 Å². The highest BCUT2D eigenvalue weighted by Gasteiger charge is 2.24. The van der Waals surface area contributed by atoms with E-state index in [-0.39, 0.29) is 0 Å². The number of tetrazole rings is 1. The van der Waals surface area contributed by atoms with Crippen molar-refractivity contribution in [2.45, 2.75) is 18.9 Å². The maximum atomic E-state index is 4.23. The fourth-order valence-corrected chi connectivity index (χ4v) is 2.85. The van der Waals surface area contributed by atoms with Crippen LogP contribution in [0.3, 0.4) is 0 Å². The van der Waals surface area contributed by atoms with Gasteiger partial charge in [0.05, 0.1) is 11.7 Å². The zero-order valence-electron chi connectivity index (χ0n) is 12.0. The molecule has 1 aliphatic heterocycles. The summed E-state index contributed by atoms with van der Waals surface area (Å²) in [5.41, 5.74) is 0.973. The molecule has 0 amide bonds. The van der Waals surface area contributed by atoms with Crippen LogP contribution in [-0.4, -0.2) is 48.1 Å². The molecule has 1 aliphatic rings. The maximum absolute atomic E-state index is 4.23.